The maximum Gasteiger partial charge on any atom is 0.349 e. The zero-order chi connectivity index (χ0) is 24.3. The zero-order valence-corrected chi connectivity index (χ0v) is 20.9. The molecule has 0 atom stereocenters. The summed E-state index contributed by atoms with van der Waals surface area (Å²) >= 11 is 13.1. The van der Waals surface area contributed by atoms with Crippen molar-refractivity contribution in [2.24, 2.45) is 0 Å². The summed E-state index contributed by atoms with van der Waals surface area (Å²) in [6.07, 6.45) is 0. The van der Waals surface area contributed by atoms with Gasteiger partial charge >= 0.3 is 5.97 Å². The molecule has 0 aliphatic carbocycles. The minimum atomic E-state index is -3.90. The summed E-state index contributed by atoms with van der Waals surface area (Å²) in [5, 5.41) is 6.54. The standard InChI is InChI=1S/C22H18Cl2N4O4S2/c1-32-22(29)19-18(8-11-33-19)34(30,31)26-10-9-25-21-16-7-6-15(24)12-17(16)27-20(28-21)13-2-4-14(23)5-3-13/h2-8,11-12,26H,9-10H2,1H3,(H,25,27,28). The van der Waals surface area contributed by atoms with Crippen LogP contribution in [0.2, 0.25) is 10.0 Å². The van der Waals surface area contributed by atoms with E-state index in [-0.39, 0.29) is 22.9 Å². The van der Waals surface area contributed by atoms with E-state index in [0.29, 0.717) is 27.2 Å². The van der Waals surface area contributed by atoms with Crippen LogP contribution in [0.3, 0.4) is 0 Å². The molecule has 2 N–H and O–H groups in total. The number of carbonyl (C=O) groups excluding carboxylic acids is 1. The van der Waals surface area contributed by atoms with Crippen LogP contribution < -0.4 is 10.0 Å². The van der Waals surface area contributed by atoms with Gasteiger partial charge in [-0.2, -0.15) is 0 Å². The third kappa shape index (κ3) is 5.31. The van der Waals surface area contributed by atoms with Crippen LogP contribution in [-0.2, 0) is 14.8 Å². The minimum absolute atomic E-state index is 0.0224. The first-order chi connectivity index (χ1) is 16.3. The number of anilines is 1. The Balaban J connectivity index is 1.54. The van der Waals surface area contributed by atoms with Gasteiger partial charge in [0.1, 0.15) is 15.6 Å². The number of nitrogens with one attached hydrogen (secondary N) is 2. The van der Waals surface area contributed by atoms with Gasteiger partial charge in [-0.1, -0.05) is 23.2 Å². The van der Waals surface area contributed by atoms with Gasteiger partial charge < -0.3 is 10.1 Å². The second-order valence-electron chi connectivity index (χ2n) is 6.99. The molecule has 4 aromatic rings. The molecular formula is C22H18Cl2N4O4S2. The summed E-state index contributed by atoms with van der Waals surface area (Å²) in [5.74, 6) is 0.293. The first kappa shape index (κ1) is 24.4. The third-order valence-electron chi connectivity index (χ3n) is 4.76. The van der Waals surface area contributed by atoms with Crippen LogP contribution in [0.4, 0.5) is 5.82 Å². The Kier molecular flexibility index (Phi) is 7.34. The number of rotatable bonds is 8. The molecule has 0 amide bonds. The molecule has 0 unspecified atom stereocenters. The van der Waals surface area contributed by atoms with Crippen molar-refractivity contribution in [3.05, 3.63) is 68.8 Å². The summed E-state index contributed by atoms with van der Waals surface area (Å²) in [6.45, 7) is 0.278. The first-order valence-corrected chi connectivity index (χ1v) is 13.0. The van der Waals surface area contributed by atoms with Gasteiger partial charge in [0.25, 0.3) is 0 Å². The molecule has 2 aromatic heterocycles. The van der Waals surface area contributed by atoms with Crippen LogP contribution in [-0.4, -0.2) is 44.6 Å². The molecule has 0 radical (unpaired) electrons. The van der Waals surface area contributed by atoms with E-state index in [1.807, 2.05) is 12.1 Å². The van der Waals surface area contributed by atoms with Crippen molar-refractivity contribution in [2.75, 3.05) is 25.5 Å². The lowest BCUT2D eigenvalue weighted by Gasteiger charge is -2.12. The van der Waals surface area contributed by atoms with Crippen LogP contribution >= 0.6 is 34.5 Å². The van der Waals surface area contributed by atoms with Gasteiger partial charge in [-0.15, -0.1) is 11.3 Å². The van der Waals surface area contributed by atoms with Crippen molar-refractivity contribution < 1.29 is 17.9 Å². The molecule has 176 valence electrons. The van der Waals surface area contributed by atoms with Gasteiger partial charge in [-0.25, -0.2) is 27.9 Å². The molecule has 0 saturated carbocycles. The minimum Gasteiger partial charge on any atom is -0.465 e. The molecule has 0 aliphatic heterocycles. The van der Waals surface area contributed by atoms with Gasteiger partial charge in [0.05, 0.1) is 12.6 Å². The molecule has 0 saturated heterocycles. The Morgan fingerprint density at radius 3 is 2.50 bits per heavy atom. The quantitative estimate of drug-likeness (QED) is 0.244. The SMILES string of the molecule is COC(=O)c1sccc1S(=O)(=O)NCCNc1nc(-c2ccc(Cl)cc2)nc2cc(Cl)ccc12. The van der Waals surface area contributed by atoms with Crippen LogP contribution in [0.1, 0.15) is 9.67 Å². The Morgan fingerprint density at radius 2 is 1.76 bits per heavy atom. The summed E-state index contributed by atoms with van der Waals surface area (Å²) in [7, 11) is -2.70. The summed E-state index contributed by atoms with van der Waals surface area (Å²) in [5.41, 5.74) is 1.40. The highest BCUT2D eigenvalue weighted by Crippen LogP contribution is 2.28. The molecule has 2 aromatic carbocycles. The average molecular weight is 537 g/mol. The van der Waals surface area contributed by atoms with E-state index >= 15 is 0 Å². The number of thiophene rings is 1. The maximum atomic E-state index is 12.7. The average Bonchev–Trinajstić information content (AvgIpc) is 3.32. The van der Waals surface area contributed by atoms with E-state index in [1.165, 1.54) is 18.6 Å². The summed E-state index contributed by atoms with van der Waals surface area (Å²) in [4.78, 5) is 21.0. The lowest BCUT2D eigenvalue weighted by atomic mass is 10.2. The highest BCUT2D eigenvalue weighted by Gasteiger charge is 2.24. The second kappa shape index (κ2) is 10.2. The lowest BCUT2D eigenvalue weighted by Crippen LogP contribution is -2.29. The van der Waals surface area contributed by atoms with Gasteiger partial charge in [-0.3, -0.25) is 0 Å². The number of carbonyl (C=O) groups is 1. The number of methoxy groups -OCH3 is 1. The number of halogens is 2. The third-order valence-corrected chi connectivity index (χ3v) is 7.77. The van der Waals surface area contributed by atoms with Gasteiger partial charge in [0, 0.05) is 34.1 Å². The second-order valence-corrected chi connectivity index (χ2v) is 10.5. The van der Waals surface area contributed by atoms with Crippen molar-refractivity contribution in [1.29, 1.82) is 0 Å². The fourth-order valence-corrected chi connectivity index (χ4v) is 5.82. The molecule has 12 heteroatoms. The molecule has 0 spiro atoms. The first-order valence-electron chi connectivity index (χ1n) is 9.91. The van der Waals surface area contributed by atoms with Crippen LogP contribution in [0.5, 0.6) is 0 Å². The molecule has 2 heterocycles. The Bertz CT molecular complexity index is 1460. The van der Waals surface area contributed by atoms with Crippen molar-refractivity contribution >= 4 is 67.3 Å². The van der Waals surface area contributed by atoms with Crippen molar-refractivity contribution in [3.8, 4) is 11.4 Å². The molecule has 4 rings (SSSR count). The van der Waals surface area contributed by atoms with Crippen molar-refractivity contribution in [1.82, 2.24) is 14.7 Å². The van der Waals surface area contributed by atoms with Crippen molar-refractivity contribution in [2.45, 2.75) is 4.90 Å². The predicted molar refractivity (Wildman–Crippen MR) is 134 cm³/mol. The van der Waals surface area contributed by atoms with E-state index in [1.54, 1.807) is 30.3 Å². The van der Waals surface area contributed by atoms with Gasteiger partial charge in [0.15, 0.2) is 5.82 Å². The normalized spacial score (nSPS) is 11.5. The number of nitrogens with zero attached hydrogens (tertiary/aromatic N) is 2. The Hall–Kier alpha value is -2.76. The number of aromatic nitrogens is 2. The van der Waals surface area contributed by atoms with E-state index < -0.39 is 16.0 Å². The maximum absolute atomic E-state index is 12.7. The Morgan fingerprint density at radius 1 is 1.03 bits per heavy atom. The molecule has 8 nitrogen and oxygen atoms in total. The van der Waals surface area contributed by atoms with E-state index in [9.17, 15) is 13.2 Å². The number of hydrogen-bond donors (Lipinski definition) is 2. The highest BCUT2D eigenvalue weighted by molar-refractivity contribution is 7.89. The van der Waals surface area contributed by atoms with Gasteiger partial charge in [0.2, 0.25) is 10.0 Å². The lowest BCUT2D eigenvalue weighted by molar-refractivity contribution is 0.0602. The highest BCUT2D eigenvalue weighted by atomic mass is 35.5. The summed E-state index contributed by atoms with van der Waals surface area (Å²) in [6, 6.07) is 13.7. The fourth-order valence-electron chi connectivity index (χ4n) is 3.16. The van der Waals surface area contributed by atoms with E-state index in [0.717, 1.165) is 22.3 Å². The smallest absolute Gasteiger partial charge is 0.349 e. The molecule has 0 fully saturated rings. The monoisotopic (exact) mass is 536 g/mol. The molecule has 0 aliphatic rings. The van der Waals surface area contributed by atoms with Crippen molar-refractivity contribution in [3.63, 3.8) is 0 Å². The van der Waals surface area contributed by atoms with Crippen LogP contribution in [0.25, 0.3) is 22.3 Å². The predicted octanol–water partition coefficient (Wildman–Crippen LogP) is 4.84. The topological polar surface area (TPSA) is 110 Å². The number of ether oxygens (including phenoxy) is 1. The fraction of sp³-hybridized carbons (Fsp3) is 0.136. The van der Waals surface area contributed by atoms with E-state index in [4.69, 9.17) is 23.2 Å². The number of esters is 1. The van der Waals surface area contributed by atoms with E-state index in [2.05, 4.69) is 24.7 Å². The molecular weight excluding hydrogens is 519 g/mol. The number of sulfonamides is 1. The Labute approximate surface area is 210 Å². The zero-order valence-electron chi connectivity index (χ0n) is 17.7. The molecule has 0 bridgehead atoms. The van der Waals surface area contributed by atoms with Crippen LogP contribution in [0.15, 0.2) is 58.8 Å². The molecule has 34 heavy (non-hydrogen) atoms. The van der Waals surface area contributed by atoms with Crippen LogP contribution in [0, 0.1) is 0 Å². The van der Waals surface area contributed by atoms with Gasteiger partial charge in [-0.05, 0) is 53.9 Å². The summed E-state index contributed by atoms with van der Waals surface area (Å²) < 4.78 is 32.5. The number of benzene rings is 2. The largest absolute Gasteiger partial charge is 0.465 e. The number of fused-ring (bicyclic) bond motifs is 1. The number of hydrogen-bond acceptors (Lipinski definition) is 8.